The second kappa shape index (κ2) is 7.65. The highest BCUT2D eigenvalue weighted by molar-refractivity contribution is 5.91. The molecule has 0 atom stereocenters. The van der Waals surface area contributed by atoms with E-state index in [9.17, 15) is 19.3 Å². The molecular formula is C18H15FN4O4. The van der Waals surface area contributed by atoms with Gasteiger partial charge in [-0.1, -0.05) is 6.07 Å². The summed E-state index contributed by atoms with van der Waals surface area (Å²) >= 11 is 0. The Morgan fingerprint density at radius 2 is 2.00 bits per heavy atom. The summed E-state index contributed by atoms with van der Waals surface area (Å²) in [6, 6.07) is 12.9. The monoisotopic (exact) mass is 370 g/mol. The Hall–Kier alpha value is -3.75. The lowest BCUT2D eigenvalue weighted by Gasteiger charge is -2.10. The molecule has 0 fully saturated rings. The fourth-order valence-electron chi connectivity index (χ4n) is 2.38. The zero-order chi connectivity index (χ0) is 19.4. The predicted molar refractivity (Wildman–Crippen MR) is 95.5 cm³/mol. The number of carbonyl (C=O) groups is 1. The molecule has 0 saturated heterocycles. The molecule has 27 heavy (non-hydrogen) atoms. The van der Waals surface area contributed by atoms with E-state index in [0.29, 0.717) is 17.2 Å². The zero-order valence-corrected chi connectivity index (χ0v) is 14.3. The normalized spacial score (nSPS) is 10.4. The molecule has 0 bridgehead atoms. The van der Waals surface area contributed by atoms with Crippen molar-refractivity contribution < 1.29 is 18.8 Å². The fraction of sp³-hybridized carbons (Fsp3) is 0.111. The number of aryl methyl sites for hydroxylation is 1. The van der Waals surface area contributed by atoms with Gasteiger partial charge in [-0.25, -0.2) is 9.07 Å². The first kappa shape index (κ1) is 18.1. The highest BCUT2D eigenvalue weighted by Gasteiger charge is 2.13. The van der Waals surface area contributed by atoms with Crippen LogP contribution in [-0.4, -0.2) is 27.2 Å². The lowest BCUT2D eigenvalue weighted by atomic mass is 10.3. The molecule has 138 valence electrons. The third kappa shape index (κ3) is 4.46. The minimum Gasteiger partial charge on any atom is -0.484 e. The summed E-state index contributed by atoms with van der Waals surface area (Å²) in [5.74, 6) is -0.238. The topological polar surface area (TPSA) is 99.3 Å². The average molecular weight is 370 g/mol. The quantitative estimate of drug-likeness (QED) is 0.530. The van der Waals surface area contributed by atoms with E-state index >= 15 is 0 Å². The molecule has 0 aliphatic heterocycles. The molecule has 1 aromatic heterocycles. The van der Waals surface area contributed by atoms with Crippen molar-refractivity contribution in [2.75, 3.05) is 11.9 Å². The Labute approximate surface area is 153 Å². The summed E-state index contributed by atoms with van der Waals surface area (Å²) in [4.78, 5) is 22.4. The van der Waals surface area contributed by atoms with Crippen LogP contribution in [0, 0.1) is 22.9 Å². The molecule has 1 heterocycles. The van der Waals surface area contributed by atoms with Gasteiger partial charge in [0.25, 0.3) is 11.6 Å². The smallest absolute Gasteiger partial charge is 0.273 e. The van der Waals surface area contributed by atoms with Crippen LogP contribution in [0.15, 0.2) is 54.6 Å². The minimum absolute atomic E-state index is 0.127. The first-order chi connectivity index (χ1) is 12.9. The number of nitro benzene ring substituents is 1. The second-order valence-corrected chi connectivity index (χ2v) is 5.65. The van der Waals surface area contributed by atoms with Crippen LogP contribution in [0.2, 0.25) is 0 Å². The standard InChI is InChI=1S/C18H15FN4O4/c1-12-9-17(22(21-12)14-7-5-13(19)6-8-14)20-18(24)11-27-16-4-2-3-15(10-16)23(25)26/h2-10H,11H2,1H3,(H,20,24). The van der Waals surface area contributed by atoms with Gasteiger partial charge < -0.3 is 10.1 Å². The van der Waals surface area contributed by atoms with Gasteiger partial charge in [-0.15, -0.1) is 0 Å². The third-order valence-electron chi connectivity index (χ3n) is 3.57. The average Bonchev–Trinajstić information content (AvgIpc) is 3.01. The van der Waals surface area contributed by atoms with Crippen LogP contribution in [0.25, 0.3) is 5.69 Å². The van der Waals surface area contributed by atoms with Gasteiger partial charge in [-0.2, -0.15) is 5.10 Å². The van der Waals surface area contributed by atoms with E-state index in [-0.39, 0.29) is 23.9 Å². The molecule has 3 rings (SSSR count). The van der Waals surface area contributed by atoms with Gasteiger partial charge >= 0.3 is 0 Å². The van der Waals surface area contributed by atoms with Crippen molar-refractivity contribution in [1.29, 1.82) is 0 Å². The van der Waals surface area contributed by atoms with Crippen molar-refractivity contribution in [3.8, 4) is 11.4 Å². The molecular weight excluding hydrogens is 355 g/mol. The Bertz CT molecular complexity index is 985. The van der Waals surface area contributed by atoms with Crippen LogP contribution in [0.5, 0.6) is 5.75 Å². The number of anilines is 1. The number of carbonyl (C=O) groups excluding carboxylic acids is 1. The Balaban J connectivity index is 1.69. The maximum absolute atomic E-state index is 13.1. The third-order valence-corrected chi connectivity index (χ3v) is 3.57. The molecule has 0 aliphatic carbocycles. The minimum atomic E-state index is -0.545. The van der Waals surface area contributed by atoms with E-state index in [2.05, 4.69) is 10.4 Å². The summed E-state index contributed by atoms with van der Waals surface area (Å²) in [5.41, 5.74) is 1.12. The molecule has 0 aliphatic rings. The SMILES string of the molecule is Cc1cc(NC(=O)COc2cccc([N+](=O)[O-])c2)n(-c2ccc(F)cc2)n1. The summed E-state index contributed by atoms with van der Waals surface area (Å²) in [6.45, 7) is 1.42. The Morgan fingerprint density at radius 1 is 1.26 bits per heavy atom. The highest BCUT2D eigenvalue weighted by atomic mass is 19.1. The lowest BCUT2D eigenvalue weighted by molar-refractivity contribution is -0.384. The Morgan fingerprint density at radius 3 is 2.70 bits per heavy atom. The second-order valence-electron chi connectivity index (χ2n) is 5.65. The Kier molecular flexibility index (Phi) is 5.11. The van der Waals surface area contributed by atoms with Crippen molar-refractivity contribution >= 4 is 17.4 Å². The van der Waals surface area contributed by atoms with E-state index in [0.717, 1.165) is 0 Å². The van der Waals surface area contributed by atoms with E-state index in [1.165, 1.54) is 53.2 Å². The van der Waals surface area contributed by atoms with Crippen LogP contribution in [0.1, 0.15) is 5.69 Å². The molecule has 9 heteroatoms. The first-order valence-electron chi connectivity index (χ1n) is 7.92. The summed E-state index contributed by atoms with van der Waals surface area (Å²) in [5, 5.41) is 17.7. The van der Waals surface area contributed by atoms with Crippen LogP contribution >= 0.6 is 0 Å². The van der Waals surface area contributed by atoms with E-state index in [4.69, 9.17) is 4.74 Å². The number of rotatable bonds is 6. The number of nitro groups is 1. The van der Waals surface area contributed by atoms with Crippen molar-refractivity contribution in [3.63, 3.8) is 0 Å². The molecule has 8 nitrogen and oxygen atoms in total. The largest absolute Gasteiger partial charge is 0.484 e. The lowest BCUT2D eigenvalue weighted by Crippen LogP contribution is -2.21. The maximum atomic E-state index is 13.1. The number of hydrogen-bond donors (Lipinski definition) is 1. The number of non-ortho nitro benzene ring substituents is 1. The summed E-state index contributed by atoms with van der Waals surface area (Å²) in [6.07, 6.45) is 0. The molecule has 1 N–H and O–H groups in total. The van der Waals surface area contributed by atoms with E-state index in [1.807, 2.05) is 0 Å². The summed E-state index contributed by atoms with van der Waals surface area (Å²) < 4.78 is 19.9. The molecule has 0 spiro atoms. The number of nitrogens with one attached hydrogen (secondary N) is 1. The molecule has 0 radical (unpaired) electrons. The molecule has 3 aromatic rings. The highest BCUT2D eigenvalue weighted by Crippen LogP contribution is 2.20. The van der Waals surface area contributed by atoms with Crippen molar-refractivity contribution in [3.05, 3.63) is 76.2 Å². The molecule has 0 unspecified atom stereocenters. The van der Waals surface area contributed by atoms with E-state index in [1.54, 1.807) is 13.0 Å². The number of halogens is 1. The van der Waals surface area contributed by atoms with Gasteiger partial charge in [0.2, 0.25) is 0 Å². The summed E-state index contributed by atoms with van der Waals surface area (Å²) in [7, 11) is 0. The van der Waals surface area contributed by atoms with Gasteiger partial charge in [-0.3, -0.25) is 14.9 Å². The van der Waals surface area contributed by atoms with Gasteiger partial charge in [0, 0.05) is 12.1 Å². The number of benzene rings is 2. The first-order valence-corrected chi connectivity index (χ1v) is 7.92. The van der Waals surface area contributed by atoms with Gasteiger partial charge in [0.05, 0.1) is 22.4 Å². The number of aromatic nitrogens is 2. The zero-order valence-electron chi connectivity index (χ0n) is 14.3. The van der Waals surface area contributed by atoms with Gasteiger partial charge in [-0.05, 0) is 37.3 Å². The fourth-order valence-corrected chi connectivity index (χ4v) is 2.38. The van der Waals surface area contributed by atoms with E-state index < -0.39 is 10.8 Å². The van der Waals surface area contributed by atoms with Crippen molar-refractivity contribution in [2.24, 2.45) is 0 Å². The maximum Gasteiger partial charge on any atom is 0.273 e. The number of hydrogen-bond acceptors (Lipinski definition) is 5. The molecule has 1 amide bonds. The van der Waals surface area contributed by atoms with Crippen LogP contribution < -0.4 is 10.1 Å². The van der Waals surface area contributed by atoms with Crippen molar-refractivity contribution in [1.82, 2.24) is 9.78 Å². The van der Waals surface area contributed by atoms with Gasteiger partial charge in [0.15, 0.2) is 6.61 Å². The number of ether oxygens (including phenoxy) is 1. The number of amides is 1. The van der Waals surface area contributed by atoms with Crippen LogP contribution in [-0.2, 0) is 4.79 Å². The van der Waals surface area contributed by atoms with Gasteiger partial charge in [0.1, 0.15) is 17.4 Å². The predicted octanol–water partition coefficient (Wildman–Crippen LogP) is 3.25. The molecule has 2 aromatic carbocycles. The number of nitrogens with zero attached hydrogens (tertiary/aromatic N) is 3. The van der Waals surface area contributed by atoms with Crippen LogP contribution in [0.4, 0.5) is 15.9 Å². The molecule has 0 saturated carbocycles. The van der Waals surface area contributed by atoms with Crippen molar-refractivity contribution in [2.45, 2.75) is 6.92 Å². The van der Waals surface area contributed by atoms with Crippen LogP contribution in [0.3, 0.4) is 0 Å².